The number of hydrogen-bond acceptors (Lipinski definition) is 5. The highest BCUT2D eigenvalue weighted by Gasteiger charge is 2.26. The predicted octanol–water partition coefficient (Wildman–Crippen LogP) is 0.637. The Morgan fingerprint density at radius 1 is 1.56 bits per heavy atom. The van der Waals surface area contributed by atoms with Crippen molar-refractivity contribution < 1.29 is 14.3 Å². The van der Waals surface area contributed by atoms with E-state index >= 15 is 0 Å². The molecule has 1 fully saturated rings. The van der Waals surface area contributed by atoms with E-state index in [9.17, 15) is 4.79 Å². The van der Waals surface area contributed by atoms with Crippen LogP contribution in [0.1, 0.15) is 27.2 Å². The molecule has 1 rings (SSSR count). The van der Waals surface area contributed by atoms with E-state index in [4.69, 9.17) is 9.47 Å². The predicted molar refractivity (Wildman–Crippen MR) is 70.5 cm³/mol. The molecule has 0 aliphatic carbocycles. The van der Waals surface area contributed by atoms with E-state index in [0.717, 1.165) is 26.1 Å². The molecule has 18 heavy (non-hydrogen) atoms. The summed E-state index contributed by atoms with van der Waals surface area (Å²) in [5.74, 6) is -0.191. The van der Waals surface area contributed by atoms with Crippen LogP contribution in [0.5, 0.6) is 0 Å². The summed E-state index contributed by atoms with van der Waals surface area (Å²) in [6, 6.07) is 0.00252. The second-order valence-electron chi connectivity index (χ2n) is 5.06. The number of esters is 1. The molecular formula is C13H26N2O3. The van der Waals surface area contributed by atoms with E-state index in [1.54, 1.807) is 0 Å². The van der Waals surface area contributed by atoms with E-state index in [-0.39, 0.29) is 24.2 Å². The molecule has 0 aromatic heterocycles. The van der Waals surface area contributed by atoms with Gasteiger partial charge in [-0.1, -0.05) is 20.8 Å². The fourth-order valence-corrected chi connectivity index (χ4v) is 2.19. The molecule has 5 heteroatoms. The first kappa shape index (κ1) is 15.4. The van der Waals surface area contributed by atoms with E-state index in [2.05, 4.69) is 17.1 Å². The summed E-state index contributed by atoms with van der Waals surface area (Å²) in [5, 5.41) is 3.25. The van der Waals surface area contributed by atoms with E-state index in [1.807, 2.05) is 13.8 Å². The van der Waals surface area contributed by atoms with Crippen molar-refractivity contribution in [3.05, 3.63) is 0 Å². The molecule has 1 saturated heterocycles. The number of morpholine rings is 1. The van der Waals surface area contributed by atoms with Gasteiger partial charge in [-0.05, 0) is 6.42 Å². The number of rotatable bonds is 6. The molecule has 0 amide bonds. The number of methoxy groups -OCH3 is 1. The molecule has 1 heterocycles. The Labute approximate surface area is 110 Å². The van der Waals surface area contributed by atoms with Crippen LogP contribution in [-0.4, -0.2) is 62.4 Å². The third-order valence-electron chi connectivity index (χ3n) is 3.14. The summed E-state index contributed by atoms with van der Waals surface area (Å²) >= 11 is 0. The van der Waals surface area contributed by atoms with Crippen LogP contribution in [0.15, 0.2) is 0 Å². The number of carbonyl (C=O) groups excluding carboxylic acids is 1. The molecule has 0 aromatic carbocycles. The molecule has 0 spiro atoms. The van der Waals surface area contributed by atoms with Gasteiger partial charge in [0.15, 0.2) is 0 Å². The van der Waals surface area contributed by atoms with Crippen LogP contribution in [0.4, 0.5) is 0 Å². The smallest absolute Gasteiger partial charge is 0.324 e. The summed E-state index contributed by atoms with van der Waals surface area (Å²) in [4.78, 5) is 14.0. The summed E-state index contributed by atoms with van der Waals surface area (Å²) in [7, 11) is 1.44. The van der Waals surface area contributed by atoms with Crippen LogP contribution in [0.2, 0.25) is 0 Å². The topological polar surface area (TPSA) is 50.8 Å². The molecular weight excluding hydrogens is 232 g/mol. The summed E-state index contributed by atoms with van der Waals surface area (Å²) < 4.78 is 10.5. The fraction of sp³-hybridized carbons (Fsp3) is 0.923. The van der Waals surface area contributed by atoms with Gasteiger partial charge in [0.2, 0.25) is 0 Å². The molecule has 2 unspecified atom stereocenters. The fourth-order valence-electron chi connectivity index (χ4n) is 2.19. The number of carbonyl (C=O) groups is 1. The highest BCUT2D eigenvalue weighted by atomic mass is 16.5. The van der Waals surface area contributed by atoms with Crippen molar-refractivity contribution in [1.29, 1.82) is 0 Å². The minimum absolute atomic E-state index is 0.191. The molecule has 0 bridgehead atoms. The van der Waals surface area contributed by atoms with Gasteiger partial charge < -0.3 is 14.8 Å². The molecule has 5 nitrogen and oxygen atoms in total. The Hall–Kier alpha value is -0.650. The monoisotopic (exact) mass is 258 g/mol. The molecule has 1 aliphatic rings. The second-order valence-corrected chi connectivity index (χ2v) is 5.06. The number of nitrogens with zero attached hydrogens (tertiary/aromatic N) is 1. The van der Waals surface area contributed by atoms with Crippen LogP contribution in [0, 0.1) is 0 Å². The Bertz CT molecular complexity index is 259. The minimum Gasteiger partial charge on any atom is -0.468 e. The number of hydrogen-bond donors (Lipinski definition) is 1. The Kier molecular flexibility index (Phi) is 6.60. The maximum absolute atomic E-state index is 11.7. The second kappa shape index (κ2) is 7.71. The number of ether oxygens (including phenoxy) is 2. The van der Waals surface area contributed by atoms with Crippen LogP contribution in [0.3, 0.4) is 0 Å². The standard InChI is InChI=1S/C13H26N2O3/c1-5-11-8-15(6-7-18-11)9-12(13(16)17-4)14-10(2)3/h10-12,14H,5-9H2,1-4H3. The first-order valence-corrected chi connectivity index (χ1v) is 6.74. The zero-order valence-corrected chi connectivity index (χ0v) is 11.9. The van der Waals surface area contributed by atoms with Crippen molar-refractivity contribution in [3.8, 4) is 0 Å². The minimum atomic E-state index is -0.259. The highest BCUT2D eigenvalue weighted by Crippen LogP contribution is 2.09. The van der Waals surface area contributed by atoms with Crippen LogP contribution in [0.25, 0.3) is 0 Å². The van der Waals surface area contributed by atoms with E-state index in [0.29, 0.717) is 6.54 Å². The zero-order valence-electron chi connectivity index (χ0n) is 11.9. The van der Waals surface area contributed by atoms with Gasteiger partial charge in [0.05, 0.1) is 19.8 Å². The Balaban J connectivity index is 2.51. The normalized spacial score (nSPS) is 23.1. The van der Waals surface area contributed by atoms with Gasteiger partial charge in [-0.3, -0.25) is 9.69 Å². The van der Waals surface area contributed by atoms with Gasteiger partial charge in [-0.15, -0.1) is 0 Å². The SMILES string of the molecule is CCC1CN(CC(NC(C)C)C(=O)OC)CCO1. The quantitative estimate of drug-likeness (QED) is 0.708. The summed E-state index contributed by atoms with van der Waals surface area (Å²) in [6.07, 6.45) is 1.30. The van der Waals surface area contributed by atoms with Gasteiger partial charge in [-0.2, -0.15) is 0 Å². The molecule has 1 aliphatic heterocycles. The molecule has 2 atom stereocenters. The highest BCUT2D eigenvalue weighted by molar-refractivity contribution is 5.76. The zero-order chi connectivity index (χ0) is 13.5. The van der Waals surface area contributed by atoms with Crippen molar-refractivity contribution in [2.45, 2.75) is 45.4 Å². The van der Waals surface area contributed by atoms with Crippen LogP contribution < -0.4 is 5.32 Å². The van der Waals surface area contributed by atoms with Crippen molar-refractivity contribution in [2.75, 3.05) is 33.4 Å². The molecule has 106 valence electrons. The molecule has 0 radical (unpaired) electrons. The maximum atomic E-state index is 11.7. The lowest BCUT2D eigenvalue weighted by molar-refractivity contribution is -0.144. The van der Waals surface area contributed by atoms with Gasteiger partial charge in [0.25, 0.3) is 0 Å². The molecule has 0 saturated carbocycles. The van der Waals surface area contributed by atoms with Crippen molar-refractivity contribution in [2.24, 2.45) is 0 Å². The lowest BCUT2D eigenvalue weighted by atomic mass is 10.2. The van der Waals surface area contributed by atoms with Gasteiger partial charge in [0, 0.05) is 25.7 Å². The lowest BCUT2D eigenvalue weighted by Gasteiger charge is -2.34. The van der Waals surface area contributed by atoms with Crippen LogP contribution in [-0.2, 0) is 14.3 Å². The largest absolute Gasteiger partial charge is 0.468 e. The van der Waals surface area contributed by atoms with Crippen LogP contribution >= 0.6 is 0 Å². The van der Waals surface area contributed by atoms with E-state index < -0.39 is 0 Å². The first-order valence-electron chi connectivity index (χ1n) is 6.74. The summed E-state index contributed by atoms with van der Waals surface area (Å²) in [5.41, 5.74) is 0. The molecule has 1 N–H and O–H groups in total. The third kappa shape index (κ3) is 4.92. The molecule has 0 aromatic rings. The van der Waals surface area contributed by atoms with E-state index in [1.165, 1.54) is 7.11 Å². The number of nitrogens with one attached hydrogen (secondary N) is 1. The lowest BCUT2D eigenvalue weighted by Crippen LogP contribution is -2.52. The Morgan fingerprint density at radius 2 is 2.28 bits per heavy atom. The first-order chi connectivity index (χ1) is 8.56. The van der Waals surface area contributed by atoms with Crippen molar-refractivity contribution in [1.82, 2.24) is 10.2 Å². The van der Waals surface area contributed by atoms with Gasteiger partial charge in [0.1, 0.15) is 6.04 Å². The Morgan fingerprint density at radius 3 is 2.83 bits per heavy atom. The van der Waals surface area contributed by atoms with Gasteiger partial charge in [-0.25, -0.2) is 0 Å². The van der Waals surface area contributed by atoms with Crippen molar-refractivity contribution >= 4 is 5.97 Å². The van der Waals surface area contributed by atoms with Gasteiger partial charge >= 0.3 is 5.97 Å². The third-order valence-corrected chi connectivity index (χ3v) is 3.14. The summed E-state index contributed by atoms with van der Waals surface area (Å²) in [6.45, 7) is 9.39. The maximum Gasteiger partial charge on any atom is 0.324 e. The van der Waals surface area contributed by atoms with Crippen molar-refractivity contribution in [3.63, 3.8) is 0 Å². The average Bonchev–Trinajstić information content (AvgIpc) is 2.36. The average molecular weight is 258 g/mol.